The lowest BCUT2D eigenvalue weighted by atomic mass is 10.2. The number of ether oxygens (including phenoxy) is 1. The Bertz CT molecular complexity index is 1040. The number of nitrogens with zero attached hydrogens (tertiary/aromatic N) is 4. The second-order valence-electron chi connectivity index (χ2n) is 5.50. The lowest BCUT2D eigenvalue weighted by molar-refractivity contribution is 0.288. The van der Waals surface area contributed by atoms with Crippen LogP contribution in [0, 0.1) is 6.92 Å². The second kappa shape index (κ2) is 8.07. The molecule has 0 unspecified atom stereocenters. The highest BCUT2D eigenvalue weighted by molar-refractivity contribution is 7.99. The first-order valence-corrected chi connectivity index (χ1v) is 9.98. The molecule has 0 aliphatic heterocycles. The second-order valence-corrected chi connectivity index (χ2v) is 8.08. The molecule has 140 valence electrons. The molecule has 2 heterocycles. The zero-order valence-electron chi connectivity index (χ0n) is 14.1. The molecule has 27 heavy (non-hydrogen) atoms. The van der Waals surface area contributed by atoms with E-state index in [4.69, 9.17) is 28.6 Å². The quantitative estimate of drug-likeness (QED) is 0.706. The minimum absolute atomic E-state index is 0.0215. The number of anilines is 1. The number of aryl methyl sites for hydroxylation is 1. The predicted molar refractivity (Wildman–Crippen MR) is 105 cm³/mol. The highest BCUT2D eigenvalue weighted by Crippen LogP contribution is 2.27. The zero-order valence-corrected chi connectivity index (χ0v) is 16.5. The first-order chi connectivity index (χ1) is 12.8. The molecule has 0 bridgehead atoms. The van der Waals surface area contributed by atoms with Gasteiger partial charge in [-0.3, -0.25) is 4.72 Å². The van der Waals surface area contributed by atoms with Gasteiger partial charge >= 0.3 is 0 Å². The third-order valence-electron chi connectivity index (χ3n) is 3.39. The average molecular weight is 424 g/mol. The van der Waals surface area contributed by atoms with Gasteiger partial charge in [0.1, 0.15) is 17.2 Å². The number of thiocarbonyl (C=S) groups is 1. The summed E-state index contributed by atoms with van der Waals surface area (Å²) < 4.78 is 33.4. The summed E-state index contributed by atoms with van der Waals surface area (Å²) in [5.41, 5.74) is 1.12. The summed E-state index contributed by atoms with van der Waals surface area (Å²) in [6.45, 7) is 1.76. The maximum absolute atomic E-state index is 12.7. The lowest BCUT2D eigenvalue weighted by Crippen LogP contribution is -2.22. The van der Waals surface area contributed by atoms with Crippen molar-refractivity contribution in [1.82, 2.24) is 20.2 Å². The normalized spacial score (nSPS) is 14.4. The molecule has 0 atom stereocenters. The highest BCUT2D eigenvalue weighted by atomic mass is 35.5. The van der Waals surface area contributed by atoms with Gasteiger partial charge in [0.2, 0.25) is 5.82 Å². The Balaban J connectivity index is 1.86. The summed E-state index contributed by atoms with van der Waals surface area (Å²) in [4.78, 5) is 8.47. The maximum atomic E-state index is 12.7. The molecule has 0 saturated heterocycles. The van der Waals surface area contributed by atoms with Crippen LogP contribution in [-0.2, 0) is 16.6 Å². The van der Waals surface area contributed by atoms with Crippen LogP contribution < -0.4 is 9.46 Å². The van der Waals surface area contributed by atoms with E-state index in [0.717, 1.165) is 0 Å². The number of hydrogen-bond donors (Lipinski definition) is 1. The minimum atomic E-state index is -4.00. The van der Waals surface area contributed by atoms with Gasteiger partial charge in [-0.15, -0.1) is 0 Å². The molecule has 1 aliphatic carbocycles. The standard InChI is InChI=1S/C16H14ClN5O3S2/c1-10-8-18-15(16(20-10)25-9-12-3-2-6-19-21-12)22-27(23,24)14-7-11(17)4-5-13(14)26/h2-4,6-8H,5,9H2,1H3,(H,18,22). The van der Waals surface area contributed by atoms with Crippen molar-refractivity contribution in [1.29, 1.82) is 0 Å². The molecule has 0 fully saturated rings. The Morgan fingerprint density at radius 2 is 2.22 bits per heavy atom. The molecular weight excluding hydrogens is 410 g/mol. The van der Waals surface area contributed by atoms with E-state index >= 15 is 0 Å². The third kappa shape index (κ3) is 4.85. The number of allylic oxidation sites excluding steroid dienone is 4. The fourth-order valence-electron chi connectivity index (χ4n) is 2.14. The summed E-state index contributed by atoms with van der Waals surface area (Å²) in [6, 6.07) is 3.44. The van der Waals surface area contributed by atoms with Crippen LogP contribution >= 0.6 is 23.8 Å². The van der Waals surface area contributed by atoms with E-state index in [0.29, 0.717) is 16.4 Å². The Hall–Kier alpha value is -2.43. The topological polar surface area (TPSA) is 107 Å². The van der Waals surface area contributed by atoms with Gasteiger partial charge in [0.05, 0.1) is 11.9 Å². The number of rotatable bonds is 6. The molecule has 1 N–H and O–H groups in total. The first kappa shape index (κ1) is 19.3. The van der Waals surface area contributed by atoms with Gasteiger partial charge in [0.15, 0.2) is 0 Å². The van der Waals surface area contributed by atoms with Crippen molar-refractivity contribution in [2.75, 3.05) is 4.72 Å². The Morgan fingerprint density at radius 3 is 2.96 bits per heavy atom. The van der Waals surface area contributed by atoms with Crippen LogP contribution in [0.25, 0.3) is 0 Å². The fraction of sp³-hybridized carbons (Fsp3) is 0.188. The average Bonchev–Trinajstić information content (AvgIpc) is 2.64. The molecule has 11 heteroatoms. The van der Waals surface area contributed by atoms with Crippen LogP contribution in [0.2, 0.25) is 0 Å². The van der Waals surface area contributed by atoms with Crippen LogP contribution in [0.1, 0.15) is 17.8 Å². The van der Waals surface area contributed by atoms with E-state index in [-0.39, 0.29) is 34.5 Å². The monoisotopic (exact) mass is 423 g/mol. The van der Waals surface area contributed by atoms with Crippen molar-refractivity contribution in [3.05, 3.63) is 58.0 Å². The van der Waals surface area contributed by atoms with Crippen LogP contribution in [0.4, 0.5) is 5.82 Å². The van der Waals surface area contributed by atoms with E-state index in [1.54, 1.807) is 25.1 Å². The Labute approximate surface area is 166 Å². The first-order valence-electron chi connectivity index (χ1n) is 7.71. The number of sulfonamides is 1. The van der Waals surface area contributed by atoms with Gasteiger partial charge in [-0.1, -0.05) is 29.9 Å². The predicted octanol–water partition coefficient (Wildman–Crippen LogP) is 2.68. The summed E-state index contributed by atoms with van der Waals surface area (Å²) >= 11 is 11.1. The highest BCUT2D eigenvalue weighted by Gasteiger charge is 2.26. The van der Waals surface area contributed by atoms with E-state index in [2.05, 4.69) is 24.9 Å². The van der Waals surface area contributed by atoms with E-state index in [9.17, 15) is 8.42 Å². The van der Waals surface area contributed by atoms with Crippen molar-refractivity contribution in [2.45, 2.75) is 20.0 Å². The third-order valence-corrected chi connectivity index (χ3v) is 5.58. The Morgan fingerprint density at radius 1 is 1.41 bits per heavy atom. The van der Waals surface area contributed by atoms with Crippen molar-refractivity contribution < 1.29 is 13.2 Å². The largest absolute Gasteiger partial charge is 0.468 e. The van der Waals surface area contributed by atoms with Crippen molar-refractivity contribution in [3.63, 3.8) is 0 Å². The summed E-state index contributed by atoms with van der Waals surface area (Å²) in [6.07, 6.45) is 6.18. The van der Waals surface area contributed by atoms with Gasteiger partial charge in [-0.05, 0) is 25.1 Å². The smallest absolute Gasteiger partial charge is 0.264 e. The molecule has 0 aromatic carbocycles. The summed E-state index contributed by atoms with van der Waals surface area (Å²) in [7, 11) is -4.00. The van der Waals surface area contributed by atoms with Crippen LogP contribution in [0.15, 0.2) is 46.6 Å². The Kier molecular flexibility index (Phi) is 5.78. The molecule has 2 aromatic rings. The lowest BCUT2D eigenvalue weighted by Gasteiger charge is -2.16. The van der Waals surface area contributed by atoms with E-state index in [1.165, 1.54) is 18.5 Å². The van der Waals surface area contributed by atoms with Crippen LogP contribution in [-0.4, -0.2) is 33.4 Å². The number of hydrogen-bond acceptors (Lipinski definition) is 8. The molecule has 2 aromatic heterocycles. The maximum Gasteiger partial charge on any atom is 0.264 e. The number of nitrogens with one attached hydrogen (secondary N) is 1. The van der Waals surface area contributed by atoms with Gasteiger partial charge in [0, 0.05) is 22.5 Å². The van der Waals surface area contributed by atoms with Gasteiger partial charge in [-0.2, -0.15) is 10.2 Å². The fourth-order valence-corrected chi connectivity index (χ4v) is 4.04. The summed E-state index contributed by atoms with van der Waals surface area (Å²) in [5.74, 6) is -0.0351. The van der Waals surface area contributed by atoms with E-state index in [1.807, 2.05) is 0 Å². The number of halogens is 1. The van der Waals surface area contributed by atoms with Gasteiger partial charge in [0.25, 0.3) is 15.9 Å². The van der Waals surface area contributed by atoms with Crippen molar-refractivity contribution in [2.24, 2.45) is 0 Å². The van der Waals surface area contributed by atoms with Gasteiger partial charge < -0.3 is 4.74 Å². The molecule has 0 amide bonds. The minimum Gasteiger partial charge on any atom is -0.468 e. The van der Waals surface area contributed by atoms with E-state index < -0.39 is 10.0 Å². The van der Waals surface area contributed by atoms with Crippen molar-refractivity contribution in [3.8, 4) is 5.88 Å². The van der Waals surface area contributed by atoms with Crippen LogP contribution in [0.3, 0.4) is 0 Å². The zero-order chi connectivity index (χ0) is 19.4. The molecule has 1 aliphatic rings. The summed E-state index contributed by atoms with van der Waals surface area (Å²) in [5, 5.41) is 7.96. The molecule has 0 radical (unpaired) electrons. The molecule has 0 spiro atoms. The molecule has 0 saturated carbocycles. The van der Waals surface area contributed by atoms with Crippen LogP contribution in [0.5, 0.6) is 5.88 Å². The molecule has 8 nitrogen and oxygen atoms in total. The van der Waals surface area contributed by atoms with Crippen molar-refractivity contribution >= 4 is 44.5 Å². The SMILES string of the molecule is Cc1cnc(NS(=O)(=O)C2=CC(Cl)=CCC2=S)c(OCc2cccnn2)n1. The van der Waals surface area contributed by atoms with Gasteiger partial charge in [-0.25, -0.2) is 18.4 Å². The molecular formula is C16H14ClN5O3S2. The number of aromatic nitrogens is 4. The molecule has 3 rings (SSSR count).